The number of alkyl halides is 3. The van der Waals surface area contributed by atoms with Crippen molar-refractivity contribution < 1.29 is 36.2 Å². The van der Waals surface area contributed by atoms with E-state index in [9.17, 15) is 31.5 Å². The van der Waals surface area contributed by atoms with Crippen LogP contribution in [-0.2, 0) is 20.8 Å². The van der Waals surface area contributed by atoms with E-state index in [1.165, 1.54) is 12.1 Å². The summed E-state index contributed by atoms with van der Waals surface area (Å²) in [6, 6.07) is 18.4. The second-order valence-electron chi connectivity index (χ2n) is 12.0. The molecule has 2 fully saturated rings. The van der Waals surface area contributed by atoms with Gasteiger partial charge in [-0.3, -0.25) is 9.69 Å². The Hall–Kier alpha value is -3.45. The Morgan fingerprint density at radius 1 is 1.04 bits per heavy atom. The average Bonchev–Trinajstić information content (AvgIpc) is 3.48. The molecule has 5 rings (SSSR count). The third-order valence-corrected chi connectivity index (χ3v) is 10.8. The first-order valence-corrected chi connectivity index (χ1v) is 17.1. The number of anilines is 1. The van der Waals surface area contributed by atoms with Crippen LogP contribution in [0.5, 0.6) is 0 Å². The predicted octanol–water partition coefficient (Wildman–Crippen LogP) is 5.05. The highest BCUT2D eigenvalue weighted by molar-refractivity contribution is 7.91. The highest BCUT2D eigenvalue weighted by Crippen LogP contribution is 2.37. The van der Waals surface area contributed by atoms with Crippen molar-refractivity contribution in [3.8, 4) is 0 Å². The number of halogens is 3. The lowest BCUT2D eigenvalue weighted by molar-refractivity contribution is -0.137. The van der Waals surface area contributed by atoms with E-state index in [1.807, 2.05) is 12.1 Å². The maximum Gasteiger partial charge on any atom is 0.416 e. The lowest BCUT2D eigenvalue weighted by Crippen LogP contribution is -2.49. The maximum absolute atomic E-state index is 13.2. The summed E-state index contributed by atoms with van der Waals surface area (Å²) < 4.78 is 69.5. The molecular formula is C34H40F3N3O5S. The number of ether oxygens (including phenoxy) is 1. The van der Waals surface area contributed by atoms with E-state index >= 15 is 0 Å². The first-order valence-electron chi connectivity index (χ1n) is 15.5. The Balaban J connectivity index is 1.31. The fourth-order valence-corrected chi connectivity index (χ4v) is 7.13. The lowest BCUT2D eigenvalue weighted by atomic mass is 9.95. The molecule has 2 saturated heterocycles. The zero-order valence-corrected chi connectivity index (χ0v) is 26.7. The molecule has 2 N–H and O–H groups in total. The van der Waals surface area contributed by atoms with Gasteiger partial charge in [0, 0.05) is 48.9 Å². The number of hydrogen-bond acceptors (Lipinski definition) is 7. The van der Waals surface area contributed by atoms with Crippen molar-refractivity contribution in [1.29, 1.82) is 0 Å². The molecule has 8 nitrogen and oxygen atoms in total. The highest BCUT2D eigenvalue weighted by Gasteiger charge is 2.36. The van der Waals surface area contributed by atoms with Gasteiger partial charge in [-0.25, -0.2) is 8.42 Å². The van der Waals surface area contributed by atoms with E-state index < -0.39 is 33.5 Å². The summed E-state index contributed by atoms with van der Waals surface area (Å²) in [5.41, 5.74) is 2.08. The van der Waals surface area contributed by atoms with Crippen molar-refractivity contribution in [2.45, 2.75) is 55.4 Å². The monoisotopic (exact) mass is 659 g/mol. The highest BCUT2D eigenvalue weighted by atomic mass is 32.2. The summed E-state index contributed by atoms with van der Waals surface area (Å²) in [5.74, 6) is -0.378. The SMILES string of the molecule is CCS(=O)(=O)c1ccc([C@H](CO)NC(=O)c2ccc(N3CC(c4ccc(C(F)(F)F)cc4)C[C@H]3CN3CCOC[C@H]3C)cc2)cc1. The smallest absolute Gasteiger partial charge is 0.394 e. The molecule has 1 unspecified atom stereocenters. The molecule has 0 aromatic heterocycles. The molecule has 2 aliphatic rings. The van der Waals surface area contributed by atoms with Crippen LogP contribution < -0.4 is 10.2 Å². The summed E-state index contributed by atoms with van der Waals surface area (Å²) in [6.45, 7) is 6.83. The van der Waals surface area contributed by atoms with Crippen LogP contribution in [-0.4, -0.2) is 81.6 Å². The van der Waals surface area contributed by atoms with Gasteiger partial charge in [-0.2, -0.15) is 13.2 Å². The van der Waals surface area contributed by atoms with E-state index in [1.54, 1.807) is 43.3 Å². The second kappa shape index (κ2) is 14.1. The Morgan fingerprint density at radius 3 is 2.30 bits per heavy atom. The Morgan fingerprint density at radius 2 is 1.72 bits per heavy atom. The molecule has 248 valence electrons. The average molecular weight is 660 g/mol. The molecular weight excluding hydrogens is 619 g/mol. The van der Waals surface area contributed by atoms with Gasteiger partial charge in [0.25, 0.3) is 5.91 Å². The minimum Gasteiger partial charge on any atom is -0.394 e. The maximum atomic E-state index is 13.2. The summed E-state index contributed by atoms with van der Waals surface area (Å²) in [5, 5.41) is 12.8. The number of sulfone groups is 1. The third kappa shape index (κ3) is 7.74. The summed E-state index contributed by atoms with van der Waals surface area (Å²) in [7, 11) is -3.37. The van der Waals surface area contributed by atoms with Crippen molar-refractivity contribution in [2.24, 2.45) is 0 Å². The Labute approximate surface area is 268 Å². The van der Waals surface area contributed by atoms with Crippen LogP contribution in [0.4, 0.5) is 18.9 Å². The zero-order chi connectivity index (χ0) is 33.1. The fourth-order valence-electron chi connectivity index (χ4n) is 6.25. The Kier molecular flexibility index (Phi) is 10.4. The molecule has 0 aliphatic carbocycles. The number of aliphatic hydroxyl groups excluding tert-OH is 1. The van der Waals surface area contributed by atoms with Crippen LogP contribution in [0, 0.1) is 0 Å². The van der Waals surface area contributed by atoms with Crippen LogP contribution in [0.2, 0.25) is 0 Å². The van der Waals surface area contributed by atoms with Gasteiger partial charge in [-0.1, -0.05) is 31.2 Å². The zero-order valence-electron chi connectivity index (χ0n) is 25.9. The number of aliphatic hydroxyl groups is 1. The van der Waals surface area contributed by atoms with E-state index in [-0.39, 0.29) is 35.3 Å². The van der Waals surface area contributed by atoms with Crippen molar-refractivity contribution >= 4 is 21.4 Å². The van der Waals surface area contributed by atoms with Gasteiger partial charge in [0.05, 0.1) is 42.1 Å². The fraction of sp³-hybridized carbons (Fsp3) is 0.441. The topological polar surface area (TPSA) is 99.2 Å². The summed E-state index contributed by atoms with van der Waals surface area (Å²) in [6.07, 6.45) is -3.61. The number of benzene rings is 3. The van der Waals surface area contributed by atoms with E-state index in [0.29, 0.717) is 30.9 Å². The van der Waals surface area contributed by atoms with Gasteiger partial charge in [0.15, 0.2) is 9.84 Å². The molecule has 2 heterocycles. The second-order valence-corrected chi connectivity index (χ2v) is 14.3. The van der Waals surface area contributed by atoms with Crippen molar-refractivity contribution in [3.05, 3.63) is 95.1 Å². The Bertz CT molecular complexity index is 1580. The molecule has 12 heteroatoms. The molecule has 3 aromatic rings. The predicted molar refractivity (Wildman–Crippen MR) is 170 cm³/mol. The van der Waals surface area contributed by atoms with Crippen molar-refractivity contribution in [1.82, 2.24) is 10.2 Å². The molecule has 0 bridgehead atoms. The third-order valence-electron chi connectivity index (χ3n) is 9.05. The largest absolute Gasteiger partial charge is 0.416 e. The van der Waals surface area contributed by atoms with E-state index in [4.69, 9.17) is 4.74 Å². The summed E-state index contributed by atoms with van der Waals surface area (Å²) in [4.78, 5) is 18.0. The van der Waals surface area contributed by atoms with Crippen LogP contribution in [0.1, 0.15) is 59.3 Å². The minimum absolute atomic E-state index is 0.0251. The van der Waals surface area contributed by atoms with Gasteiger partial charge in [-0.05, 0) is 73.0 Å². The summed E-state index contributed by atoms with van der Waals surface area (Å²) >= 11 is 0. The van der Waals surface area contributed by atoms with Crippen LogP contribution >= 0.6 is 0 Å². The number of carbonyl (C=O) groups is 1. The molecule has 0 spiro atoms. The normalized spacial score (nSPS) is 21.7. The van der Waals surface area contributed by atoms with Gasteiger partial charge < -0.3 is 20.1 Å². The number of carbonyl (C=O) groups excluding carboxylic acids is 1. The number of nitrogens with zero attached hydrogens (tertiary/aromatic N) is 2. The standard InChI is InChI=1S/C34H40F3N3O5S/c1-3-46(43,44)31-14-8-25(9-15-31)32(21-41)38-33(42)26-6-12-29(13-7-26)40-19-27(24-4-10-28(11-5-24)34(35,36)37)18-30(40)20-39-16-17-45-22-23(39)2/h4-15,23,27,30,32,41H,3,16-22H2,1-2H3,(H,38,42)/t23-,27?,30+,32+/m1/s1. The number of nitrogens with one attached hydrogen (secondary N) is 1. The molecule has 2 aliphatic heterocycles. The number of rotatable bonds is 10. The van der Waals surface area contributed by atoms with Gasteiger partial charge in [-0.15, -0.1) is 0 Å². The number of amides is 1. The first kappa shape index (κ1) is 33.9. The van der Waals surface area contributed by atoms with Crippen LogP contribution in [0.3, 0.4) is 0 Å². The van der Waals surface area contributed by atoms with Crippen LogP contribution in [0.25, 0.3) is 0 Å². The van der Waals surface area contributed by atoms with E-state index in [0.717, 1.165) is 42.9 Å². The lowest BCUT2D eigenvalue weighted by Gasteiger charge is -2.37. The van der Waals surface area contributed by atoms with Crippen molar-refractivity contribution in [2.75, 3.05) is 50.1 Å². The molecule has 1 amide bonds. The number of morpholine rings is 1. The molecule has 4 atom stereocenters. The van der Waals surface area contributed by atoms with Crippen LogP contribution in [0.15, 0.2) is 77.7 Å². The first-order chi connectivity index (χ1) is 21.9. The van der Waals surface area contributed by atoms with Gasteiger partial charge in [0.1, 0.15) is 0 Å². The van der Waals surface area contributed by atoms with Crippen molar-refractivity contribution in [3.63, 3.8) is 0 Å². The van der Waals surface area contributed by atoms with E-state index in [2.05, 4.69) is 22.0 Å². The van der Waals surface area contributed by atoms with Gasteiger partial charge in [0.2, 0.25) is 0 Å². The molecule has 46 heavy (non-hydrogen) atoms. The molecule has 0 radical (unpaired) electrons. The van der Waals surface area contributed by atoms with Gasteiger partial charge >= 0.3 is 6.18 Å². The number of hydrogen-bond donors (Lipinski definition) is 2. The quantitative estimate of drug-likeness (QED) is 0.315. The minimum atomic E-state index is -4.39. The molecule has 3 aromatic carbocycles. The molecule has 0 saturated carbocycles.